The number of ether oxygens (including phenoxy) is 1. The highest BCUT2D eigenvalue weighted by Gasteiger charge is 2.11. The van der Waals surface area contributed by atoms with Gasteiger partial charge in [0.2, 0.25) is 11.9 Å². The molecule has 0 aliphatic carbocycles. The van der Waals surface area contributed by atoms with Crippen LogP contribution in [0.3, 0.4) is 0 Å². The number of nitrogen functional groups attached to an aromatic ring is 1. The fraction of sp³-hybridized carbons (Fsp3) is 0.417. The number of nitrogens with two attached hydrogens (primary N) is 1. The lowest BCUT2D eigenvalue weighted by molar-refractivity contribution is -0.144. The molecule has 2 aromatic heterocycles. The number of rotatable bonds is 5. The average Bonchev–Trinajstić information content (AvgIpc) is 2.81. The lowest BCUT2D eigenvalue weighted by Crippen LogP contribution is -2.17. The standard InChI is InChI=1S/C12H16N6O2S/c1-7-14-8(6-21-7)4-10(19)20-5-9-15-11(13)17-12(16-9)18(2)3/h6H,4-5H2,1-3H3,(H2,13,15,16,17). The van der Waals surface area contributed by atoms with Crippen LogP contribution in [0.4, 0.5) is 11.9 Å². The Bertz CT molecular complexity index is 642. The van der Waals surface area contributed by atoms with E-state index in [9.17, 15) is 4.79 Å². The van der Waals surface area contributed by atoms with Crippen LogP contribution in [0, 0.1) is 6.92 Å². The molecule has 2 rings (SSSR count). The van der Waals surface area contributed by atoms with E-state index in [1.54, 1.807) is 19.0 Å². The van der Waals surface area contributed by atoms with Crippen molar-refractivity contribution in [2.75, 3.05) is 24.7 Å². The first kappa shape index (κ1) is 15.1. The Labute approximate surface area is 126 Å². The van der Waals surface area contributed by atoms with E-state index in [-0.39, 0.29) is 24.9 Å². The second kappa shape index (κ2) is 6.44. The normalized spacial score (nSPS) is 10.4. The van der Waals surface area contributed by atoms with Gasteiger partial charge in [-0.05, 0) is 6.92 Å². The van der Waals surface area contributed by atoms with Crippen molar-refractivity contribution in [2.45, 2.75) is 20.0 Å². The summed E-state index contributed by atoms with van der Waals surface area (Å²) in [6.45, 7) is 1.84. The maximum atomic E-state index is 11.7. The maximum Gasteiger partial charge on any atom is 0.312 e. The molecule has 2 N–H and O–H groups in total. The van der Waals surface area contributed by atoms with Crippen LogP contribution < -0.4 is 10.6 Å². The van der Waals surface area contributed by atoms with Gasteiger partial charge in [0.25, 0.3) is 0 Å². The minimum Gasteiger partial charge on any atom is -0.457 e. The van der Waals surface area contributed by atoms with Gasteiger partial charge in [-0.25, -0.2) is 4.98 Å². The molecule has 0 spiro atoms. The molecule has 21 heavy (non-hydrogen) atoms. The molecule has 0 saturated carbocycles. The molecule has 0 radical (unpaired) electrons. The fourth-order valence-corrected chi connectivity index (χ4v) is 2.14. The minimum absolute atomic E-state index is 0.0461. The van der Waals surface area contributed by atoms with Crippen LogP contribution >= 0.6 is 11.3 Å². The van der Waals surface area contributed by atoms with Crippen molar-refractivity contribution in [2.24, 2.45) is 0 Å². The van der Waals surface area contributed by atoms with Gasteiger partial charge in [0, 0.05) is 19.5 Å². The van der Waals surface area contributed by atoms with Gasteiger partial charge in [0.05, 0.1) is 17.1 Å². The SMILES string of the molecule is Cc1nc(CC(=O)OCc2nc(N)nc(N(C)C)n2)cs1. The molecule has 0 atom stereocenters. The van der Waals surface area contributed by atoms with E-state index in [0.717, 1.165) is 5.01 Å². The first-order chi connectivity index (χ1) is 9.94. The predicted molar refractivity (Wildman–Crippen MR) is 78.9 cm³/mol. The third kappa shape index (κ3) is 4.35. The number of hydrogen-bond donors (Lipinski definition) is 1. The Hall–Kier alpha value is -2.29. The molecule has 0 aromatic carbocycles. The highest BCUT2D eigenvalue weighted by molar-refractivity contribution is 7.09. The Morgan fingerprint density at radius 1 is 1.33 bits per heavy atom. The van der Waals surface area contributed by atoms with Crippen molar-refractivity contribution in [3.8, 4) is 0 Å². The summed E-state index contributed by atoms with van der Waals surface area (Å²) in [5, 5.41) is 2.75. The zero-order valence-electron chi connectivity index (χ0n) is 12.0. The number of aryl methyl sites for hydroxylation is 1. The minimum atomic E-state index is -0.384. The molecule has 112 valence electrons. The molecule has 0 bridgehead atoms. The molecule has 2 heterocycles. The molecule has 0 aliphatic rings. The Morgan fingerprint density at radius 2 is 2.10 bits per heavy atom. The summed E-state index contributed by atoms with van der Waals surface area (Å²) in [6, 6.07) is 0. The Kier molecular flexibility index (Phi) is 4.63. The van der Waals surface area contributed by atoms with Gasteiger partial charge in [0.1, 0.15) is 0 Å². The number of anilines is 2. The topological polar surface area (TPSA) is 107 Å². The summed E-state index contributed by atoms with van der Waals surface area (Å²) in [5.74, 6) is 0.443. The number of carbonyl (C=O) groups excluding carboxylic acids is 1. The number of hydrogen-bond acceptors (Lipinski definition) is 9. The molecular weight excluding hydrogens is 292 g/mol. The van der Waals surface area contributed by atoms with Gasteiger partial charge >= 0.3 is 5.97 Å². The van der Waals surface area contributed by atoms with E-state index in [0.29, 0.717) is 17.5 Å². The van der Waals surface area contributed by atoms with Crippen LogP contribution in [0.1, 0.15) is 16.5 Å². The summed E-state index contributed by atoms with van der Waals surface area (Å²) in [5.41, 5.74) is 6.29. The summed E-state index contributed by atoms with van der Waals surface area (Å²) >= 11 is 1.49. The molecule has 9 heteroatoms. The number of esters is 1. The number of aromatic nitrogens is 4. The Morgan fingerprint density at radius 3 is 2.71 bits per heavy atom. The first-order valence-electron chi connectivity index (χ1n) is 6.18. The molecule has 0 saturated heterocycles. The molecule has 0 unspecified atom stereocenters. The van der Waals surface area contributed by atoms with Crippen LogP contribution in [0.2, 0.25) is 0 Å². The lowest BCUT2D eigenvalue weighted by Gasteiger charge is -2.11. The van der Waals surface area contributed by atoms with Crippen molar-refractivity contribution in [1.29, 1.82) is 0 Å². The zero-order chi connectivity index (χ0) is 15.4. The van der Waals surface area contributed by atoms with E-state index in [1.165, 1.54) is 11.3 Å². The van der Waals surface area contributed by atoms with Crippen LogP contribution in [-0.4, -0.2) is 40.0 Å². The molecule has 0 aliphatic heterocycles. The highest BCUT2D eigenvalue weighted by Crippen LogP contribution is 2.10. The van der Waals surface area contributed by atoms with E-state index in [2.05, 4.69) is 19.9 Å². The van der Waals surface area contributed by atoms with Crippen LogP contribution in [0.25, 0.3) is 0 Å². The van der Waals surface area contributed by atoms with E-state index >= 15 is 0 Å². The molecule has 2 aromatic rings. The lowest BCUT2D eigenvalue weighted by atomic mass is 10.3. The fourth-order valence-electron chi connectivity index (χ4n) is 1.52. The Balaban J connectivity index is 1.94. The summed E-state index contributed by atoms with van der Waals surface area (Å²) in [4.78, 5) is 29.7. The molecule has 8 nitrogen and oxygen atoms in total. The van der Waals surface area contributed by atoms with Crippen molar-refractivity contribution < 1.29 is 9.53 Å². The van der Waals surface area contributed by atoms with Gasteiger partial charge < -0.3 is 15.4 Å². The van der Waals surface area contributed by atoms with Crippen LogP contribution in [-0.2, 0) is 22.6 Å². The first-order valence-corrected chi connectivity index (χ1v) is 7.06. The van der Waals surface area contributed by atoms with Crippen molar-refractivity contribution >= 4 is 29.2 Å². The largest absolute Gasteiger partial charge is 0.457 e. The average molecular weight is 308 g/mol. The summed E-state index contributed by atoms with van der Waals surface area (Å²) in [7, 11) is 3.57. The van der Waals surface area contributed by atoms with E-state index in [4.69, 9.17) is 10.5 Å². The number of nitrogens with zero attached hydrogens (tertiary/aromatic N) is 5. The maximum absolute atomic E-state index is 11.7. The van der Waals surface area contributed by atoms with E-state index < -0.39 is 0 Å². The smallest absolute Gasteiger partial charge is 0.312 e. The number of thiazole rings is 1. The zero-order valence-corrected chi connectivity index (χ0v) is 12.8. The monoisotopic (exact) mass is 308 g/mol. The van der Waals surface area contributed by atoms with Crippen molar-refractivity contribution in [3.63, 3.8) is 0 Å². The second-order valence-corrected chi connectivity index (χ2v) is 5.56. The predicted octanol–water partition coefficient (Wildman–Crippen LogP) is 0.571. The van der Waals surface area contributed by atoms with Gasteiger partial charge in [-0.15, -0.1) is 11.3 Å². The summed E-state index contributed by atoms with van der Waals surface area (Å²) in [6.07, 6.45) is 0.130. The van der Waals surface area contributed by atoms with Crippen LogP contribution in [0.5, 0.6) is 0 Å². The quantitative estimate of drug-likeness (QED) is 0.799. The van der Waals surface area contributed by atoms with Crippen molar-refractivity contribution in [1.82, 2.24) is 19.9 Å². The number of carbonyl (C=O) groups is 1. The second-order valence-electron chi connectivity index (χ2n) is 4.50. The van der Waals surface area contributed by atoms with Crippen LogP contribution in [0.15, 0.2) is 5.38 Å². The summed E-state index contributed by atoms with van der Waals surface area (Å²) < 4.78 is 5.13. The van der Waals surface area contributed by atoms with Gasteiger partial charge in [0.15, 0.2) is 12.4 Å². The molecule has 0 fully saturated rings. The molecule has 0 amide bonds. The molecular formula is C12H16N6O2S. The van der Waals surface area contributed by atoms with Crippen molar-refractivity contribution in [3.05, 3.63) is 21.9 Å². The van der Waals surface area contributed by atoms with Gasteiger partial charge in [-0.2, -0.15) is 15.0 Å². The van der Waals surface area contributed by atoms with E-state index in [1.807, 2.05) is 12.3 Å². The van der Waals surface area contributed by atoms with Gasteiger partial charge in [-0.1, -0.05) is 0 Å². The highest BCUT2D eigenvalue weighted by atomic mass is 32.1. The third-order valence-corrected chi connectivity index (χ3v) is 3.26. The van der Waals surface area contributed by atoms with Gasteiger partial charge in [-0.3, -0.25) is 4.79 Å². The third-order valence-electron chi connectivity index (χ3n) is 2.44.